The fourth-order valence-electron chi connectivity index (χ4n) is 2.09. The minimum absolute atomic E-state index is 0.182. The molecule has 0 aliphatic rings. The molecule has 20 heavy (non-hydrogen) atoms. The smallest absolute Gasteiger partial charge is 0.123 e. The number of hydrogen-bond donors (Lipinski definition) is 1. The lowest BCUT2D eigenvalue weighted by molar-refractivity contribution is 0.622. The van der Waals surface area contributed by atoms with Crippen LogP contribution >= 0.6 is 0 Å². The van der Waals surface area contributed by atoms with Crippen LogP contribution < -0.4 is 10.2 Å². The van der Waals surface area contributed by atoms with E-state index in [0.29, 0.717) is 0 Å². The minimum Gasteiger partial charge on any atom is -0.375 e. The molecule has 2 nitrogen and oxygen atoms in total. The molecule has 0 spiro atoms. The van der Waals surface area contributed by atoms with Crippen LogP contribution in [0.5, 0.6) is 0 Å². The highest BCUT2D eigenvalue weighted by Gasteiger charge is 1.99. The zero-order chi connectivity index (χ0) is 14.2. The van der Waals surface area contributed by atoms with Crippen molar-refractivity contribution in [1.29, 1.82) is 0 Å². The Hall–Kier alpha value is -1.87. The molecule has 0 aliphatic heterocycles. The molecule has 0 unspecified atom stereocenters. The number of anilines is 1. The molecular formula is C17H21FN2. The van der Waals surface area contributed by atoms with Crippen LogP contribution in [0.1, 0.15) is 12.0 Å². The Bertz CT molecular complexity index is 496. The van der Waals surface area contributed by atoms with Gasteiger partial charge in [0.15, 0.2) is 0 Å². The van der Waals surface area contributed by atoms with Gasteiger partial charge in [-0.2, -0.15) is 0 Å². The highest BCUT2D eigenvalue weighted by Crippen LogP contribution is 2.10. The zero-order valence-corrected chi connectivity index (χ0v) is 11.8. The maximum atomic E-state index is 12.8. The van der Waals surface area contributed by atoms with Crippen molar-refractivity contribution in [1.82, 2.24) is 5.32 Å². The first-order chi connectivity index (χ1) is 9.75. The van der Waals surface area contributed by atoms with Crippen LogP contribution in [0.2, 0.25) is 0 Å². The van der Waals surface area contributed by atoms with Crippen molar-refractivity contribution in [2.45, 2.75) is 13.0 Å². The molecule has 3 heteroatoms. The first kappa shape index (κ1) is 14.5. The number of hydrogen-bond acceptors (Lipinski definition) is 2. The highest BCUT2D eigenvalue weighted by atomic mass is 19.1. The largest absolute Gasteiger partial charge is 0.375 e. The second-order valence-electron chi connectivity index (χ2n) is 4.91. The first-order valence-corrected chi connectivity index (χ1v) is 6.97. The third-order valence-corrected chi connectivity index (χ3v) is 3.29. The standard InChI is InChI=1S/C17H21FN2/c1-20(17-6-3-2-4-7-17)13-5-12-19-14-15-8-10-16(18)11-9-15/h2-4,6-11,19H,5,12-14H2,1H3. The van der Waals surface area contributed by atoms with Gasteiger partial charge in [-0.3, -0.25) is 0 Å². The van der Waals surface area contributed by atoms with Gasteiger partial charge in [0.1, 0.15) is 5.82 Å². The second-order valence-corrected chi connectivity index (χ2v) is 4.91. The quantitative estimate of drug-likeness (QED) is 0.777. The number of para-hydroxylation sites is 1. The second kappa shape index (κ2) is 7.65. The van der Waals surface area contributed by atoms with Gasteiger partial charge >= 0.3 is 0 Å². The van der Waals surface area contributed by atoms with Gasteiger partial charge in [0.25, 0.3) is 0 Å². The molecule has 0 bridgehead atoms. The fourth-order valence-corrected chi connectivity index (χ4v) is 2.09. The summed E-state index contributed by atoms with van der Waals surface area (Å²) in [6.07, 6.45) is 1.08. The molecule has 1 N–H and O–H groups in total. The van der Waals surface area contributed by atoms with E-state index in [-0.39, 0.29) is 5.82 Å². The first-order valence-electron chi connectivity index (χ1n) is 6.97. The van der Waals surface area contributed by atoms with Gasteiger partial charge in [-0.15, -0.1) is 0 Å². The van der Waals surface area contributed by atoms with E-state index >= 15 is 0 Å². The summed E-state index contributed by atoms with van der Waals surface area (Å²) in [4.78, 5) is 2.25. The minimum atomic E-state index is -0.182. The van der Waals surface area contributed by atoms with E-state index in [0.717, 1.165) is 31.6 Å². The van der Waals surface area contributed by atoms with Crippen molar-refractivity contribution in [3.05, 3.63) is 66.0 Å². The molecule has 0 atom stereocenters. The van der Waals surface area contributed by atoms with Gasteiger partial charge in [0.05, 0.1) is 0 Å². The lowest BCUT2D eigenvalue weighted by Gasteiger charge is -2.19. The number of halogens is 1. The summed E-state index contributed by atoms with van der Waals surface area (Å²) in [6, 6.07) is 17.0. The molecule has 2 aromatic rings. The summed E-state index contributed by atoms with van der Waals surface area (Å²) in [6.45, 7) is 2.75. The van der Waals surface area contributed by atoms with E-state index in [2.05, 4.69) is 41.5 Å². The van der Waals surface area contributed by atoms with Crippen LogP contribution in [-0.4, -0.2) is 20.1 Å². The van der Waals surface area contributed by atoms with Crippen molar-refractivity contribution >= 4 is 5.69 Å². The Morgan fingerprint density at radius 1 is 1.00 bits per heavy atom. The monoisotopic (exact) mass is 272 g/mol. The number of benzene rings is 2. The maximum Gasteiger partial charge on any atom is 0.123 e. The highest BCUT2D eigenvalue weighted by molar-refractivity contribution is 5.44. The summed E-state index contributed by atoms with van der Waals surface area (Å²) in [5.41, 5.74) is 2.36. The van der Waals surface area contributed by atoms with Gasteiger partial charge in [-0.05, 0) is 42.8 Å². The molecule has 2 rings (SSSR count). The Labute approximate surface area is 120 Å². The Kier molecular flexibility index (Phi) is 5.56. The SMILES string of the molecule is CN(CCCNCc1ccc(F)cc1)c1ccccc1. The van der Waals surface area contributed by atoms with E-state index in [1.807, 2.05) is 18.2 Å². The van der Waals surface area contributed by atoms with Crippen molar-refractivity contribution in [3.63, 3.8) is 0 Å². The molecule has 0 saturated heterocycles. The van der Waals surface area contributed by atoms with E-state index < -0.39 is 0 Å². The summed E-state index contributed by atoms with van der Waals surface area (Å²) >= 11 is 0. The molecule has 0 saturated carbocycles. The van der Waals surface area contributed by atoms with E-state index in [9.17, 15) is 4.39 Å². The summed E-state index contributed by atoms with van der Waals surface area (Å²) < 4.78 is 12.8. The predicted molar refractivity (Wildman–Crippen MR) is 82.4 cm³/mol. The lowest BCUT2D eigenvalue weighted by Crippen LogP contribution is -2.23. The van der Waals surface area contributed by atoms with E-state index in [1.54, 1.807) is 0 Å². The number of nitrogens with one attached hydrogen (secondary N) is 1. The lowest BCUT2D eigenvalue weighted by atomic mass is 10.2. The summed E-state index contributed by atoms with van der Waals surface area (Å²) in [5.74, 6) is -0.182. The third-order valence-electron chi connectivity index (χ3n) is 3.29. The molecule has 0 aromatic heterocycles. The molecule has 0 amide bonds. The average Bonchev–Trinajstić information content (AvgIpc) is 2.49. The molecule has 2 aromatic carbocycles. The molecular weight excluding hydrogens is 251 g/mol. The molecule has 0 fully saturated rings. The fraction of sp³-hybridized carbons (Fsp3) is 0.294. The summed E-state index contributed by atoms with van der Waals surface area (Å²) in [5, 5.41) is 3.38. The molecule has 0 aliphatic carbocycles. The van der Waals surface area contributed by atoms with Gasteiger partial charge in [0.2, 0.25) is 0 Å². The van der Waals surface area contributed by atoms with Crippen LogP contribution in [0, 0.1) is 5.82 Å². The molecule has 0 heterocycles. The van der Waals surface area contributed by atoms with Crippen molar-refractivity contribution in [2.75, 3.05) is 25.0 Å². The van der Waals surface area contributed by atoms with Gasteiger partial charge in [-0.1, -0.05) is 30.3 Å². The molecule has 106 valence electrons. The Balaban J connectivity index is 1.63. The predicted octanol–water partition coefficient (Wildman–Crippen LogP) is 3.44. The van der Waals surface area contributed by atoms with Gasteiger partial charge < -0.3 is 10.2 Å². The topological polar surface area (TPSA) is 15.3 Å². The third kappa shape index (κ3) is 4.67. The van der Waals surface area contributed by atoms with E-state index in [4.69, 9.17) is 0 Å². The van der Waals surface area contributed by atoms with Crippen molar-refractivity contribution in [2.24, 2.45) is 0 Å². The summed E-state index contributed by atoms with van der Waals surface area (Å²) in [7, 11) is 2.11. The number of nitrogens with zero attached hydrogens (tertiary/aromatic N) is 1. The van der Waals surface area contributed by atoms with Gasteiger partial charge in [-0.25, -0.2) is 4.39 Å². The maximum absolute atomic E-state index is 12.8. The Morgan fingerprint density at radius 3 is 2.40 bits per heavy atom. The van der Waals surface area contributed by atoms with Crippen LogP contribution in [0.3, 0.4) is 0 Å². The van der Waals surface area contributed by atoms with Crippen molar-refractivity contribution in [3.8, 4) is 0 Å². The average molecular weight is 272 g/mol. The Morgan fingerprint density at radius 2 is 1.70 bits per heavy atom. The van der Waals surface area contributed by atoms with Crippen LogP contribution in [-0.2, 0) is 6.54 Å². The normalized spacial score (nSPS) is 10.5. The van der Waals surface area contributed by atoms with Gasteiger partial charge in [0, 0.05) is 25.8 Å². The number of rotatable bonds is 7. The van der Waals surface area contributed by atoms with Crippen LogP contribution in [0.25, 0.3) is 0 Å². The molecule has 0 radical (unpaired) electrons. The van der Waals surface area contributed by atoms with Crippen LogP contribution in [0.4, 0.5) is 10.1 Å². The van der Waals surface area contributed by atoms with E-state index in [1.165, 1.54) is 17.8 Å². The zero-order valence-electron chi connectivity index (χ0n) is 11.8. The van der Waals surface area contributed by atoms with Crippen LogP contribution in [0.15, 0.2) is 54.6 Å². The van der Waals surface area contributed by atoms with Crippen molar-refractivity contribution < 1.29 is 4.39 Å².